The minimum atomic E-state index is 0.279. The highest BCUT2D eigenvalue weighted by atomic mass is 32.1. The molecule has 0 spiro atoms. The average Bonchev–Trinajstić information content (AvgIpc) is 2.71. The number of piperidine rings is 1. The lowest BCUT2D eigenvalue weighted by molar-refractivity contribution is -0.121. The highest BCUT2D eigenvalue weighted by Gasteiger charge is 2.27. The van der Waals surface area contributed by atoms with Crippen LogP contribution in [0.4, 0.5) is 0 Å². The second kappa shape index (κ2) is 4.54. The number of hydrogen-bond donors (Lipinski definition) is 1. The molecule has 2 atom stereocenters. The second-order valence-corrected chi connectivity index (χ2v) is 6.54. The molecule has 2 nitrogen and oxygen atoms in total. The van der Waals surface area contributed by atoms with E-state index < -0.39 is 0 Å². The molecule has 3 heteroatoms. The molecule has 1 saturated heterocycles. The quantitative estimate of drug-likeness (QED) is 0.829. The monoisotopic (exact) mass is 249 g/mol. The van der Waals surface area contributed by atoms with Gasteiger partial charge in [-0.05, 0) is 44.2 Å². The Balaban J connectivity index is 1.83. The molecule has 17 heavy (non-hydrogen) atoms. The topological polar surface area (TPSA) is 29.1 Å². The molecule has 2 unspecified atom stereocenters. The van der Waals surface area contributed by atoms with Crippen molar-refractivity contribution in [3.05, 3.63) is 21.4 Å². The number of rotatable bonds is 1. The van der Waals surface area contributed by atoms with Gasteiger partial charge >= 0.3 is 0 Å². The van der Waals surface area contributed by atoms with Crippen LogP contribution in [0.3, 0.4) is 0 Å². The maximum Gasteiger partial charge on any atom is 0.136 e. The van der Waals surface area contributed by atoms with E-state index in [0.717, 1.165) is 0 Å². The summed E-state index contributed by atoms with van der Waals surface area (Å²) in [5, 5.41) is 3.56. The van der Waals surface area contributed by atoms with Crippen molar-refractivity contribution in [1.82, 2.24) is 5.32 Å². The molecule has 1 aliphatic heterocycles. The van der Waals surface area contributed by atoms with Gasteiger partial charge in [-0.2, -0.15) is 0 Å². The fourth-order valence-corrected chi connectivity index (χ4v) is 4.30. The van der Waals surface area contributed by atoms with E-state index in [2.05, 4.69) is 18.3 Å². The molecule has 2 heterocycles. The largest absolute Gasteiger partial charge is 0.306 e. The Morgan fingerprint density at radius 3 is 2.88 bits per heavy atom. The van der Waals surface area contributed by atoms with Crippen LogP contribution in [0.5, 0.6) is 0 Å². The van der Waals surface area contributed by atoms with Crippen molar-refractivity contribution in [2.75, 3.05) is 0 Å². The van der Waals surface area contributed by atoms with Gasteiger partial charge in [0.2, 0.25) is 0 Å². The Morgan fingerprint density at radius 1 is 1.29 bits per heavy atom. The first-order valence-electron chi connectivity index (χ1n) is 6.61. The van der Waals surface area contributed by atoms with Crippen molar-refractivity contribution in [1.29, 1.82) is 0 Å². The van der Waals surface area contributed by atoms with Crippen LogP contribution in [-0.4, -0.2) is 11.8 Å². The zero-order valence-corrected chi connectivity index (χ0v) is 11.1. The number of carbonyl (C=O) groups is 1. The van der Waals surface area contributed by atoms with Crippen LogP contribution in [0, 0.1) is 0 Å². The van der Waals surface area contributed by atoms with Crippen LogP contribution in [0.1, 0.15) is 54.0 Å². The third-order valence-electron chi connectivity index (χ3n) is 3.81. The van der Waals surface area contributed by atoms with E-state index in [1.54, 1.807) is 10.4 Å². The normalized spacial score (nSPS) is 29.1. The molecule has 1 fully saturated rings. The Labute approximate surface area is 106 Å². The van der Waals surface area contributed by atoms with Gasteiger partial charge in [-0.1, -0.05) is 0 Å². The van der Waals surface area contributed by atoms with Crippen molar-refractivity contribution in [3.8, 4) is 0 Å². The molecule has 0 aromatic carbocycles. The molecule has 0 saturated carbocycles. The predicted octanol–water partition coefficient (Wildman–Crippen LogP) is 3.01. The molecule has 1 aromatic heterocycles. The maximum atomic E-state index is 11.7. The summed E-state index contributed by atoms with van der Waals surface area (Å²) in [6.45, 7) is 2.11. The third-order valence-corrected chi connectivity index (χ3v) is 5.16. The highest BCUT2D eigenvalue weighted by Crippen LogP contribution is 2.35. The first-order chi connectivity index (χ1) is 8.22. The zero-order chi connectivity index (χ0) is 11.8. The van der Waals surface area contributed by atoms with Gasteiger partial charge in [-0.15, -0.1) is 11.3 Å². The summed E-state index contributed by atoms with van der Waals surface area (Å²) in [5.74, 6) is 0.410. The van der Waals surface area contributed by atoms with Gasteiger partial charge in [0, 0.05) is 34.7 Å². The van der Waals surface area contributed by atoms with Crippen LogP contribution in [-0.2, 0) is 17.6 Å². The van der Waals surface area contributed by atoms with Crippen LogP contribution in [0.15, 0.2) is 6.07 Å². The predicted molar refractivity (Wildman–Crippen MR) is 70.5 cm³/mol. The summed E-state index contributed by atoms with van der Waals surface area (Å²) >= 11 is 1.93. The van der Waals surface area contributed by atoms with E-state index >= 15 is 0 Å². The smallest absolute Gasteiger partial charge is 0.136 e. The lowest BCUT2D eigenvalue weighted by Crippen LogP contribution is -2.38. The molecular formula is C14H19NOS. The van der Waals surface area contributed by atoms with Gasteiger partial charge < -0.3 is 5.32 Å². The lowest BCUT2D eigenvalue weighted by Gasteiger charge is -2.27. The molecule has 1 aromatic rings. The number of aryl methyl sites for hydroxylation is 2. The SMILES string of the molecule is CC1CC(=O)CC(c2cc3c(s2)CCCC3)N1. The summed E-state index contributed by atoms with van der Waals surface area (Å²) in [7, 11) is 0. The second-order valence-electron chi connectivity index (χ2n) is 5.37. The van der Waals surface area contributed by atoms with Crippen LogP contribution >= 0.6 is 11.3 Å². The van der Waals surface area contributed by atoms with Crippen molar-refractivity contribution in [2.24, 2.45) is 0 Å². The molecule has 92 valence electrons. The summed E-state index contributed by atoms with van der Waals surface area (Å²) in [6, 6.07) is 2.96. The average molecular weight is 249 g/mol. The standard InChI is InChI=1S/C14H19NOS/c1-9-6-11(16)8-12(15-9)14-7-10-4-2-3-5-13(10)17-14/h7,9,12,15H,2-6,8H2,1H3. The van der Waals surface area contributed by atoms with Crippen molar-refractivity contribution in [3.63, 3.8) is 0 Å². The minimum absolute atomic E-state index is 0.279. The number of ketones is 1. The minimum Gasteiger partial charge on any atom is -0.306 e. The van der Waals surface area contributed by atoms with Gasteiger partial charge in [-0.3, -0.25) is 4.79 Å². The first kappa shape index (κ1) is 11.4. The fourth-order valence-electron chi connectivity index (χ4n) is 2.98. The maximum absolute atomic E-state index is 11.7. The number of fused-ring (bicyclic) bond motifs is 1. The van der Waals surface area contributed by atoms with Gasteiger partial charge in [0.15, 0.2) is 0 Å². The van der Waals surface area contributed by atoms with Gasteiger partial charge in [0.05, 0.1) is 0 Å². The van der Waals surface area contributed by atoms with Crippen LogP contribution in [0.2, 0.25) is 0 Å². The van der Waals surface area contributed by atoms with E-state index in [-0.39, 0.29) is 6.04 Å². The third kappa shape index (κ3) is 2.31. The van der Waals surface area contributed by atoms with Crippen LogP contribution in [0.25, 0.3) is 0 Å². The number of Topliss-reactive ketones (excluding diaryl/α,β-unsaturated/α-hetero) is 1. The Kier molecular flexibility index (Phi) is 3.05. The fraction of sp³-hybridized carbons (Fsp3) is 0.643. The molecular weight excluding hydrogens is 230 g/mol. The number of nitrogens with one attached hydrogen (secondary N) is 1. The van der Waals surface area contributed by atoms with Crippen molar-refractivity contribution < 1.29 is 4.79 Å². The highest BCUT2D eigenvalue weighted by molar-refractivity contribution is 7.12. The molecule has 3 rings (SSSR count). The van der Waals surface area contributed by atoms with E-state index in [1.165, 1.54) is 30.6 Å². The lowest BCUT2D eigenvalue weighted by atomic mass is 9.95. The number of thiophene rings is 1. The van der Waals surface area contributed by atoms with E-state index in [9.17, 15) is 4.79 Å². The summed E-state index contributed by atoms with van der Waals surface area (Å²) in [4.78, 5) is 14.6. The number of hydrogen-bond acceptors (Lipinski definition) is 3. The summed E-state index contributed by atoms with van der Waals surface area (Å²) in [5.41, 5.74) is 1.55. The zero-order valence-electron chi connectivity index (χ0n) is 10.3. The first-order valence-corrected chi connectivity index (χ1v) is 7.43. The molecule has 1 N–H and O–H groups in total. The van der Waals surface area contributed by atoms with Crippen LogP contribution < -0.4 is 5.32 Å². The Morgan fingerprint density at radius 2 is 2.12 bits per heavy atom. The Bertz CT molecular complexity index is 414. The summed E-state index contributed by atoms with van der Waals surface area (Å²) < 4.78 is 0. The van der Waals surface area contributed by atoms with E-state index in [1.807, 2.05) is 11.3 Å². The molecule has 1 aliphatic carbocycles. The van der Waals surface area contributed by atoms with Crippen molar-refractivity contribution in [2.45, 2.75) is 57.5 Å². The summed E-state index contributed by atoms with van der Waals surface area (Å²) in [6.07, 6.45) is 6.53. The number of carbonyl (C=O) groups excluding carboxylic acids is 1. The Hall–Kier alpha value is -0.670. The molecule has 0 amide bonds. The molecule has 2 aliphatic rings. The van der Waals surface area contributed by atoms with Crippen molar-refractivity contribution >= 4 is 17.1 Å². The van der Waals surface area contributed by atoms with E-state index in [0.29, 0.717) is 24.7 Å². The van der Waals surface area contributed by atoms with Gasteiger partial charge in [-0.25, -0.2) is 0 Å². The van der Waals surface area contributed by atoms with Gasteiger partial charge in [0.25, 0.3) is 0 Å². The van der Waals surface area contributed by atoms with E-state index in [4.69, 9.17) is 0 Å². The van der Waals surface area contributed by atoms with Gasteiger partial charge in [0.1, 0.15) is 5.78 Å². The molecule has 0 bridgehead atoms. The molecule has 0 radical (unpaired) electrons.